The summed E-state index contributed by atoms with van der Waals surface area (Å²) in [5, 5.41) is 0.625. The summed E-state index contributed by atoms with van der Waals surface area (Å²) < 4.78 is 5.65. The second-order valence-electron chi connectivity index (χ2n) is 6.22. The molecular weight excluding hydrogens is 334 g/mol. The molecule has 0 unspecified atom stereocenters. The zero-order chi connectivity index (χ0) is 18.1. The van der Waals surface area contributed by atoms with Crippen molar-refractivity contribution < 1.29 is 9.53 Å². The van der Waals surface area contributed by atoms with E-state index < -0.39 is 0 Å². The average Bonchev–Trinajstić information content (AvgIpc) is 2.63. The van der Waals surface area contributed by atoms with E-state index in [1.54, 1.807) is 29.2 Å². The lowest BCUT2D eigenvalue weighted by atomic mass is 9.90. The number of hydrogen-bond donors (Lipinski definition) is 0. The zero-order valence-electron chi connectivity index (χ0n) is 14.8. The van der Waals surface area contributed by atoms with Crippen molar-refractivity contribution in [2.75, 3.05) is 11.5 Å². The summed E-state index contributed by atoms with van der Waals surface area (Å²) in [6.45, 7) is 6.12. The fraction of sp³-hybridized carbons (Fsp3) is 0.381. The molecule has 0 spiro atoms. The first-order chi connectivity index (χ1) is 12.2. The van der Waals surface area contributed by atoms with Gasteiger partial charge < -0.3 is 4.74 Å². The molecule has 1 aliphatic carbocycles. The van der Waals surface area contributed by atoms with E-state index in [1.807, 2.05) is 31.2 Å². The number of hydrogen-bond acceptors (Lipinski definition) is 2. The van der Waals surface area contributed by atoms with E-state index in [2.05, 4.69) is 6.58 Å². The van der Waals surface area contributed by atoms with E-state index in [-0.39, 0.29) is 6.09 Å². The Hall–Kier alpha value is -2.00. The van der Waals surface area contributed by atoms with Crippen molar-refractivity contribution >= 4 is 23.4 Å². The summed E-state index contributed by atoms with van der Waals surface area (Å²) in [7, 11) is 0. The SMILES string of the molecule is C=C/C=C(\C=C/C)N(C(=O)OCC1CCCCC1)c1ccc(Cl)cc1. The van der Waals surface area contributed by atoms with Crippen molar-refractivity contribution in [1.82, 2.24) is 0 Å². The largest absolute Gasteiger partial charge is 0.449 e. The number of benzene rings is 1. The van der Waals surface area contributed by atoms with Crippen LogP contribution in [0.1, 0.15) is 39.0 Å². The summed E-state index contributed by atoms with van der Waals surface area (Å²) in [5.41, 5.74) is 1.41. The molecule has 134 valence electrons. The molecule has 4 heteroatoms. The normalized spacial score (nSPS) is 16.0. The van der Waals surface area contributed by atoms with E-state index >= 15 is 0 Å². The number of allylic oxidation sites excluding steroid dienone is 4. The fourth-order valence-corrected chi connectivity index (χ4v) is 3.18. The van der Waals surface area contributed by atoms with Crippen molar-refractivity contribution in [2.45, 2.75) is 39.0 Å². The molecule has 1 aromatic carbocycles. The molecule has 1 aromatic rings. The van der Waals surface area contributed by atoms with Gasteiger partial charge in [-0.2, -0.15) is 0 Å². The Labute approximate surface area is 155 Å². The summed E-state index contributed by atoms with van der Waals surface area (Å²) in [6, 6.07) is 7.15. The van der Waals surface area contributed by atoms with Gasteiger partial charge in [0.1, 0.15) is 0 Å². The van der Waals surface area contributed by atoms with Crippen LogP contribution in [-0.4, -0.2) is 12.7 Å². The number of amides is 1. The standard InChI is InChI=1S/C21H26ClNO2/c1-3-8-19(9-4-2)23(20-14-12-18(22)13-15-20)21(24)25-16-17-10-6-5-7-11-17/h3-4,8-9,12-15,17H,1,5-7,10-11,16H2,2H3/b9-4-,19-8+. The molecule has 0 N–H and O–H groups in total. The molecule has 0 bridgehead atoms. The molecule has 1 aliphatic rings. The minimum absolute atomic E-state index is 0.376. The summed E-state index contributed by atoms with van der Waals surface area (Å²) in [5.74, 6) is 0.471. The van der Waals surface area contributed by atoms with Crippen molar-refractivity contribution in [3.05, 3.63) is 65.9 Å². The lowest BCUT2D eigenvalue weighted by Gasteiger charge is -2.26. The molecule has 0 atom stereocenters. The molecular formula is C21H26ClNO2. The van der Waals surface area contributed by atoms with E-state index in [0.717, 1.165) is 12.8 Å². The molecule has 0 aromatic heterocycles. The predicted molar refractivity (Wildman–Crippen MR) is 105 cm³/mol. The minimum atomic E-state index is -0.376. The van der Waals surface area contributed by atoms with Gasteiger partial charge in [0.05, 0.1) is 18.0 Å². The third-order valence-electron chi connectivity index (χ3n) is 4.32. The van der Waals surface area contributed by atoms with Gasteiger partial charge in [-0.15, -0.1) is 0 Å². The third kappa shape index (κ3) is 5.79. The van der Waals surface area contributed by atoms with Crippen LogP contribution >= 0.6 is 11.6 Å². The summed E-state index contributed by atoms with van der Waals surface area (Å²) in [4.78, 5) is 14.4. The highest BCUT2D eigenvalue weighted by Gasteiger charge is 2.22. The van der Waals surface area contributed by atoms with Crippen molar-refractivity contribution in [3.8, 4) is 0 Å². The van der Waals surface area contributed by atoms with Crippen LogP contribution in [0.2, 0.25) is 5.02 Å². The molecule has 0 heterocycles. The van der Waals surface area contributed by atoms with Crippen LogP contribution in [0.25, 0.3) is 0 Å². The van der Waals surface area contributed by atoms with Gasteiger partial charge in [0, 0.05) is 5.02 Å². The number of rotatable bonds is 6. The lowest BCUT2D eigenvalue weighted by molar-refractivity contribution is 0.123. The second kappa shape index (κ2) is 10.1. The van der Waals surface area contributed by atoms with Gasteiger partial charge in [-0.1, -0.05) is 49.6 Å². The number of carbonyl (C=O) groups excluding carboxylic acids is 1. The number of carbonyl (C=O) groups is 1. The predicted octanol–water partition coefficient (Wildman–Crippen LogP) is 6.51. The first-order valence-electron chi connectivity index (χ1n) is 8.83. The van der Waals surface area contributed by atoms with Crippen LogP contribution in [0.3, 0.4) is 0 Å². The maximum absolute atomic E-state index is 12.8. The molecule has 1 fully saturated rings. The van der Waals surface area contributed by atoms with Gasteiger partial charge in [0.25, 0.3) is 0 Å². The molecule has 1 saturated carbocycles. The maximum atomic E-state index is 12.8. The topological polar surface area (TPSA) is 29.5 Å². The van der Waals surface area contributed by atoms with Crippen LogP contribution in [0.15, 0.2) is 60.8 Å². The maximum Gasteiger partial charge on any atom is 0.418 e. The van der Waals surface area contributed by atoms with Gasteiger partial charge in [0.2, 0.25) is 0 Å². The Morgan fingerprint density at radius 2 is 1.96 bits per heavy atom. The van der Waals surface area contributed by atoms with Crippen molar-refractivity contribution in [1.29, 1.82) is 0 Å². The van der Waals surface area contributed by atoms with Gasteiger partial charge in [-0.3, -0.25) is 0 Å². The van der Waals surface area contributed by atoms with Crippen LogP contribution in [0.4, 0.5) is 10.5 Å². The van der Waals surface area contributed by atoms with E-state index in [9.17, 15) is 4.79 Å². The molecule has 0 radical (unpaired) electrons. The second-order valence-corrected chi connectivity index (χ2v) is 6.66. The molecule has 25 heavy (non-hydrogen) atoms. The van der Waals surface area contributed by atoms with Crippen molar-refractivity contribution in [3.63, 3.8) is 0 Å². The van der Waals surface area contributed by atoms with Gasteiger partial charge in [0.15, 0.2) is 0 Å². The molecule has 2 rings (SSSR count). The zero-order valence-corrected chi connectivity index (χ0v) is 15.5. The number of ether oxygens (including phenoxy) is 1. The van der Waals surface area contributed by atoms with Gasteiger partial charge in [-0.25, -0.2) is 9.69 Å². The summed E-state index contributed by atoms with van der Waals surface area (Å²) in [6.07, 6.45) is 12.8. The molecule has 1 amide bonds. The van der Waals surface area contributed by atoms with Crippen LogP contribution < -0.4 is 4.90 Å². The lowest BCUT2D eigenvalue weighted by Crippen LogP contribution is -2.32. The van der Waals surface area contributed by atoms with Crippen molar-refractivity contribution in [2.24, 2.45) is 5.92 Å². The highest BCUT2D eigenvalue weighted by Crippen LogP contribution is 2.26. The monoisotopic (exact) mass is 359 g/mol. The Kier molecular flexibility index (Phi) is 7.80. The average molecular weight is 360 g/mol. The van der Waals surface area contributed by atoms with Crippen LogP contribution in [0.5, 0.6) is 0 Å². The Balaban J connectivity index is 2.20. The Bertz CT molecular complexity index is 628. The highest BCUT2D eigenvalue weighted by molar-refractivity contribution is 6.30. The first kappa shape index (κ1) is 19.3. The smallest absolute Gasteiger partial charge is 0.418 e. The Morgan fingerprint density at radius 1 is 1.28 bits per heavy atom. The first-order valence-corrected chi connectivity index (χ1v) is 9.21. The number of nitrogens with zero attached hydrogens (tertiary/aromatic N) is 1. The van der Waals surface area contributed by atoms with E-state index in [4.69, 9.17) is 16.3 Å². The van der Waals surface area contributed by atoms with Crippen LogP contribution in [0, 0.1) is 5.92 Å². The van der Waals surface area contributed by atoms with Gasteiger partial charge >= 0.3 is 6.09 Å². The minimum Gasteiger partial charge on any atom is -0.449 e. The fourth-order valence-electron chi connectivity index (χ4n) is 3.05. The summed E-state index contributed by atoms with van der Waals surface area (Å²) >= 11 is 5.98. The number of halogens is 1. The molecule has 3 nitrogen and oxygen atoms in total. The van der Waals surface area contributed by atoms with E-state index in [0.29, 0.717) is 28.9 Å². The van der Waals surface area contributed by atoms with Gasteiger partial charge in [-0.05, 0) is 62.1 Å². The third-order valence-corrected chi connectivity index (χ3v) is 4.57. The number of anilines is 1. The quantitative estimate of drug-likeness (QED) is 0.542. The molecule has 0 aliphatic heterocycles. The molecule has 0 saturated heterocycles. The Morgan fingerprint density at radius 3 is 2.56 bits per heavy atom. The van der Waals surface area contributed by atoms with Crippen LogP contribution in [-0.2, 0) is 4.74 Å². The highest BCUT2D eigenvalue weighted by atomic mass is 35.5. The van der Waals surface area contributed by atoms with E-state index in [1.165, 1.54) is 19.3 Å².